The highest BCUT2D eigenvalue weighted by Crippen LogP contribution is 2.20. The van der Waals surface area contributed by atoms with E-state index in [1.54, 1.807) is 11.7 Å². The summed E-state index contributed by atoms with van der Waals surface area (Å²) in [5, 5.41) is 10.4. The molecule has 1 N–H and O–H groups in total. The Bertz CT molecular complexity index is 632. The fourth-order valence-electron chi connectivity index (χ4n) is 2.02. The zero-order valence-corrected chi connectivity index (χ0v) is 11.4. The smallest absolute Gasteiger partial charge is 0.305 e. The maximum absolute atomic E-state index is 12.4. The molecule has 0 saturated heterocycles. The van der Waals surface area contributed by atoms with Crippen LogP contribution in [0, 0.1) is 6.92 Å². The number of amides is 1. The number of alkyl halides is 2. The zero-order chi connectivity index (χ0) is 14.9. The van der Waals surface area contributed by atoms with Gasteiger partial charge < -0.3 is 5.32 Å². The molecule has 0 aliphatic heterocycles. The third-order valence-electron chi connectivity index (χ3n) is 2.97. The van der Waals surface area contributed by atoms with Gasteiger partial charge in [-0.15, -0.1) is 0 Å². The van der Waals surface area contributed by atoms with Gasteiger partial charge in [0.1, 0.15) is 5.82 Å². The molecule has 0 spiro atoms. The molecule has 0 radical (unpaired) electrons. The van der Waals surface area contributed by atoms with Crippen LogP contribution < -0.4 is 5.32 Å². The van der Waals surface area contributed by atoms with Gasteiger partial charge in [-0.1, -0.05) is 6.92 Å². The summed E-state index contributed by atoms with van der Waals surface area (Å²) in [7, 11) is 1.71. The minimum absolute atomic E-state index is 0.0637. The maximum atomic E-state index is 12.4. The lowest BCUT2D eigenvalue weighted by atomic mass is 10.2. The molecule has 0 unspecified atom stereocenters. The second kappa shape index (κ2) is 5.40. The highest BCUT2D eigenvalue weighted by atomic mass is 19.3. The normalized spacial score (nSPS) is 11.1. The molecule has 2 aromatic rings. The number of carbonyl (C=O) groups excluding carboxylic acids is 1. The SMILES string of the molecule is CCc1c(C)nn(C)c1NC(=O)c1ccn(C(F)F)n1. The Morgan fingerprint density at radius 3 is 2.70 bits per heavy atom. The van der Waals surface area contributed by atoms with Crippen LogP contribution in [-0.4, -0.2) is 25.5 Å². The van der Waals surface area contributed by atoms with E-state index in [1.165, 1.54) is 6.07 Å². The van der Waals surface area contributed by atoms with Crippen LogP contribution >= 0.6 is 0 Å². The molecular weight excluding hydrogens is 268 g/mol. The number of hydrogen-bond donors (Lipinski definition) is 1. The third kappa shape index (κ3) is 2.54. The van der Waals surface area contributed by atoms with E-state index in [0.29, 0.717) is 16.9 Å². The molecule has 0 atom stereocenters. The van der Waals surface area contributed by atoms with Crippen molar-refractivity contribution in [1.29, 1.82) is 0 Å². The van der Waals surface area contributed by atoms with Gasteiger partial charge >= 0.3 is 6.55 Å². The van der Waals surface area contributed by atoms with Crippen LogP contribution in [-0.2, 0) is 13.5 Å². The average Bonchev–Trinajstić information content (AvgIpc) is 2.96. The van der Waals surface area contributed by atoms with Crippen LogP contribution in [0.3, 0.4) is 0 Å². The Balaban J connectivity index is 2.23. The highest BCUT2D eigenvalue weighted by molar-refractivity contribution is 6.02. The Kier molecular flexibility index (Phi) is 3.82. The molecule has 0 bridgehead atoms. The lowest BCUT2D eigenvalue weighted by Gasteiger charge is -2.06. The van der Waals surface area contributed by atoms with E-state index in [4.69, 9.17) is 0 Å². The molecule has 2 rings (SSSR count). The third-order valence-corrected chi connectivity index (χ3v) is 2.97. The lowest BCUT2D eigenvalue weighted by molar-refractivity contribution is 0.0561. The van der Waals surface area contributed by atoms with Crippen LogP contribution in [0.1, 0.15) is 35.2 Å². The van der Waals surface area contributed by atoms with Crippen LogP contribution in [0.5, 0.6) is 0 Å². The number of halogens is 2. The molecule has 8 heteroatoms. The standard InChI is InChI=1S/C12H15F2N5O/c1-4-8-7(2)16-18(3)10(8)15-11(20)9-5-6-19(17-9)12(13)14/h5-6,12H,4H2,1-3H3,(H,15,20). The summed E-state index contributed by atoms with van der Waals surface area (Å²) in [5.41, 5.74) is 1.67. The van der Waals surface area contributed by atoms with Gasteiger partial charge in [0.2, 0.25) is 0 Å². The number of hydrogen-bond acceptors (Lipinski definition) is 3. The molecule has 2 aromatic heterocycles. The summed E-state index contributed by atoms with van der Waals surface area (Å²) in [6, 6.07) is 1.25. The zero-order valence-electron chi connectivity index (χ0n) is 11.4. The van der Waals surface area contributed by atoms with Crippen molar-refractivity contribution < 1.29 is 13.6 Å². The van der Waals surface area contributed by atoms with Gasteiger partial charge in [-0.25, -0.2) is 4.68 Å². The van der Waals surface area contributed by atoms with Gasteiger partial charge in [0.25, 0.3) is 5.91 Å². The monoisotopic (exact) mass is 283 g/mol. The summed E-state index contributed by atoms with van der Waals surface area (Å²) in [5.74, 6) is 0.0173. The van der Waals surface area contributed by atoms with Crippen LogP contribution in [0.2, 0.25) is 0 Å². The molecule has 0 saturated carbocycles. The van der Waals surface area contributed by atoms with Crippen LogP contribution in [0.25, 0.3) is 0 Å². The fraction of sp³-hybridized carbons (Fsp3) is 0.417. The quantitative estimate of drug-likeness (QED) is 0.935. The molecule has 108 valence electrons. The molecule has 0 aromatic carbocycles. The van der Waals surface area contributed by atoms with Crippen molar-refractivity contribution in [3.05, 3.63) is 29.2 Å². The highest BCUT2D eigenvalue weighted by Gasteiger charge is 2.18. The first-order chi connectivity index (χ1) is 9.43. The molecule has 0 aliphatic carbocycles. The first-order valence-corrected chi connectivity index (χ1v) is 6.11. The van der Waals surface area contributed by atoms with Crippen LogP contribution in [0.4, 0.5) is 14.6 Å². The van der Waals surface area contributed by atoms with Gasteiger partial charge in [-0.05, 0) is 19.4 Å². The number of aryl methyl sites for hydroxylation is 2. The summed E-state index contributed by atoms with van der Waals surface area (Å²) < 4.78 is 26.8. The second-order valence-electron chi connectivity index (χ2n) is 4.30. The summed E-state index contributed by atoms with van der Waals surface area (Å²) >= 11 is 0. The largest absolute Gasteiger partial charge is 0.333 e. The molecular formula is C12H15F2N5O. The van der Waals surface area contributed by atoms with Crippen molar-refractivity contribution in [2.45, 2.75) is 26.8 Å². The van der Waals surface area contributed by atoms with Gasteiger partial charge in [0, 0.05) is 18.8 Å². The minimum atomic E-state index is -2.76. The molecule has 1 amide bonds. The molecule has 20 heavy (non-hydrogen) atoms. The Labute approximate surface area is 114 Å². The van der Waals surface area contributed by atoms with Crippen molar-refractivity contribution in [1.82, 2.24) is 19.6 Å². The van der Waals surface area contributed by atoms with Gasteiger partial charge in [0.15, 0.2) is 5.69 Å². The maximum Gasteiger partial charge on any atom is 0.333 e. The van der Waals surface area contributed by atoms with Gasteiger partial charge in [-0.3, -0.25) is 9.48 Å². The van der Waals surface area contributed by atoms with E-state index >= 15 is 0 Å². The van der Waals surface area contributed by atoms with Crippen LogP contribution in [0.15, 0.2) is 12.3 Å². The van der Waals surface area contributed by atoms with E-state index in [1.807, 2.05) is 13.8 Å². The van der Waals surface area contributed by atoms with Gasteiger partial charge in [0.05, 0.1) is 5.69 Å². The number of rotatable bonds is 4. The number of aromatic nitrogens is 4. The Morgan fingerprint density at radius 2 is 2.15 bits per heavy atom. The number of nitrogens with zero attached hydrogens (tertiary/aromatic N) is 4. The predicted molar refractivity (Wildman–Crippen MR) is 68.8 cm³/mol. The second-order valence-corrected chi connectivity index (χ2v) is 4.30. The summed E-state index contributed by atoms with van der Waals surface area (Å²) in [6.45, 7) is 1.03. The Morgan fingerprint density at radius 1 is 1.45 bits per heavy atom. The van der Waals surface area contributed by atoms with E-state index in [0.717, 1.165) is 17.5 Å². The number of carbonyl (C=O) groups is 1. The molecule has 0 fully saturated rings. The molecule has 0 aliphatic rings. The van der Waals surface area contributed by atoms with Crippen molar-refractivity contribution in [3.63, 3.8) is 0 Å². The summed E-state index contributed by atoms with van der Waals surface area (Å²) in [6.07, 6.45) is 1.77. The first-order valence-electron chi connectivity index (χ1n) is 6.11. The predicted octanol–water partition coefficient (Wildman–Crippen LogP) is 2.13. The van der Waals surface area contributed by atoms with Gasteiger partial charge in [-0.2, -0.15) is 19.0 Å². The Hall–Kier alpha value is -2.25. The van der Waals surface area contributed by atoms with Crippen molar-refractivity contribution >= 4 is 11.7 Å². The van der Waals surface area contributed by atoms with E-state index < -0.39 is 12.5 Å². The van der Waals surface area contributed by atoms with E-state index in [2.05, 4.69) is 15.5 Å². The van der Waals surface area contributed by atoms with Crippen molar-refractivity contribution in [2.24, 2.45) is 7.05 Å². The molecule has 6 nitrogen and oxygen atoms in total. The minimum Gasteiger partial charge on any atom is -0.305 e. The first kappa shape index (κ1) is 14.2. The topological polar surface area (TPSA) is 64.7 Å². The van der Waals surface area contributed by atoms with Crippen molar-refractivity contribution in [3.8, 4) is 0 Å². The fourth-order valence-corrected chi connectivity index (χ4v) is 2.02. The molecule has 2 heterocycles. The average molecular weight is 283 g/mol. The van der Waals surface area contributed by atoms with E-state index in [9.17, 15) is 13.6 Å². The number of nitrogens with one attached hydrogen (secondary N) is 1. The number of anilines is 1. The van der Waals surface area contributed by atoms with E-state index in [-0.39, 0.29) is 5.69 Å². The lowest BCUT2D eigenvalue weighted by Crippen LogP contribution is -2.16. The van der Waals surface area contributed by atoms with Crippen molar-refractivity contribution in [2.75, 3.05) is 5.32 Å². The summed E-state index contributed by atoms with van der Waals surface area (Å²) in [4.78, 5) is 12.0.